The predicted octanol–water partition coefficient (Wildman–Crippen LogP) is 5.23. The maximum absolute atomic E-state index is 14.3. The van der Waals surface area contributed by atoms with E-state index in [1.165, 1.54) is 6.07 Å². The minimum absolute atomic E-state index is 0.0632. The fourth-order valence-corrected chi connectivity index (χ4v) is 4.16. The first-order valence-electron chi connectivity index (χ1n) is 9.98. The molecule has 0 bridgehead atoms. The zero-order chi connectivity index (χ0) is 21.3. The zero-order valence-corrected chi connectivity index (χ0v) is 19.1. The van der Waals surface area contributed by atoms with E-state index in [4.69, 9.17) is 9.72 Å². The number of halogens is 2. The van der Waals surface area contributed by atoms with Crippen LogP contribution >= 0.6 is 22.6 Å². The van der Waals surface area contributed by atoms with Gasteiger partial charge in [-0.25, -0.2) is 9.37 Å². The number of rotatable bonds is 4. The zero-order valence-electron chi connectivity index (χ0n) is 17.0. The van der Waals surface area contributed by atoms with Crippen LogP contribution in [0.25, 0.3) is 17.1 Å². The van der Waals surface area contributed by atoms with Crippen LogP contribution in [0.5, 0.6) is 5.75 Å². The Morgan fingerprint density at radius 1 is 1.10 bits per heavy atom. The molecule has 1 aromatic heterocycles. The van der Waals surface area contributed by atoms with Crippen molar-refractivity contribution in [2.75, 3.05) is 20.2 Å². The van der Waals surface area contributed by atoms with Crippen molar-refractivity contribution >= 4 is 28.5 Å². The van der Waals surface area contributed by atoms with Gasteiger partial charge in [0.2, 0.25) is 0 Å². The van der Waals surface area contributed by atoms with Gasteiger partial charge in [-0.3, -0.25) is 9.36 Å². The lowest BCUT2D eigenvalue weighted by Crippen LogP contribution is -2.36. The summed E-state index contributed by atoms with van der Waals surface area (Å²) in [5, 5.41) is 0. The number of nitrogens with zero attached hydrogens (tertiary/aromatic N) is 3. The second-order valence-corrected chi connectivity index (χ2v) is 8.55. The minimum atomic E-state index is -0.307. The highest BCUT2D eigenvalue weighted by Gasteiger charge is 2.26. The van der Waals surface area contributed by atoms with Gasteiger partial charge in [0.05, 0.1) is 12.8 Å². The van der Waals surface area contributed by atoms with Crippen LogP contribution in [-0.4, -0.2) is 40.6 Å². The van der Waals surface area contributed by atoms with E-state index in [0.29, 0.717) is 20.7 Å². The molecule has 1 amide bonds. The van der Waals surface area contributed by atoms with E-state index >= 15 is 0 Å². The van der Waals surface area contributed by atoms with Gasteiger partial charge in [-0.1, -0.05) is 0 Å². The summed E-state index contributed by atoms with van der Waals surface area (Å²) in [5.74, 6) is 0.918. The molecular weight excluding hydrogens is 496 g/mol. The smallest absolute Gasteiger partial charge is 0.274 e. The second kappa shape index (κ2) is 8.75. The molecule has 4 rings (SSSR count). The maximum atomic E-state index is 14.3. The monoisotopic (exact) mass is 519 g/mol. The van der Waals surface area contributed by atoms with Gasteiger partial charge in [0.15, 0.2) is 0 Å². The topological polar surface area (TPSA) is 47.4 Å². The van der Waals surface area contributed by atoms with Crippen LogP contribution in [0, 0.1) is 16.3 Å². The second-order valence-electron chi connectivity index (χ2n) is 7.38. The van der Waals surface area contributed by atoms with Gasteiger partial charge >= 0.3 is 0 Å². The molecule has 7 heteroatoms. The molecule has 1 fully saturated rings. The molecule has 2 heterocycles. The molecule has 0 N–H and O–H groups in total. The van der Waals surface area contributed by atoms with E-state index < -0.39 is 0 Å². The Hall–Kier alpha value is -2.42. The molecule has 0 saturated carbocycles. The molecule has 0 spiro atoms. The summed E-state index contributed by atoms with van der Waals surface area (Å²) >= 11 is 1.96. The van der Waals surface area contributed by atoms with Crippen molar-refractivity contribution in [3.05, 3.63) is 63.2 Å². The van der Waals surface area contributed by atoms with E-state index in [2.05, 4.69) is 0 Å². The number of benzene rings is 2. The number of carbonyl (C=O) groups is 1. The van der Waals surface area contributed by atoms with Gasteiger partial charge in [-0.05, 0) is 91.2 Å². The number of hydrogen-bond acceptors (Lipinski definition) is 3. The van der Waals surface area contributed by atoms with Gasteiger partial charge in [0.25, 0.3) is 5.91 Å². The number of likely N-dealkylation sites (tertiary alicyclic amines) is 1. The van der Waals surface area contributed by atoms with Crippen molar-refractivity contribution in [3.8, 4) is 22.8 Å². The third-order valence-electron chi connectivity index (χ3n) is 5.46. The van der Waals surface area contributed by atoms with Gasteiger partial charge in [0.1, 0.15) is 23.1 Å². The Bertz CT molecular complexity index is 1070. The Morgan fingerprint density at radius 3 is 2.43 bits per heavy atom. The van der Waals surface area contributed by atoms with E-state index in [9.17, 15) is 9.18 Å². The lowest BCUT2D eigenvalue weighted by molar-refractivity contribution is 0.0718. The fourth-order valence-electron chi connectivity index (χ4n) is 3.83. The van der Waals surface area contributed by atoms with Gasteiger partial charge in [-0.2, -0.15) is 0 Å². The maximum Gasteiger partial charge on any atom is 0.274 e. The molecule has 1 aliphatic rings. The summed E-state index contributed by atoms with van der Waals surface area (Å²) in [6.07, 6.45) is 3.18. The van der Waals surface area contributed by atoms with Crippen molar-refractivity contribution in [1.82, 2.24) is 14.5 Å². The predicted molar refractivity (Wildman–Crippen MR) is 123 cm³/mol. The van der Waals surface area contributed by atoms with Gasteiger partial charge in [-0.15, -0.1) is 0 Å². The fraction of sp³-hybridized carbons (Fsp3) is 0.304. The summed E-state index contributed by atoms with van der Waals surface area (Å²) < 4.78 is 22.0. The standard InChI is InChI=1S/C23H23FIN3O2/c1-15-21(23(29)27-12-4-3-5-13-27)26-22(16-6-11-20(25)19(24)14-16)28(15)17-7-9-18(30-2)10-8-17/h6-11,14H,3-5,12-13H2,1-2H3. The van der Waals surface area contributed by atoms with Gasteiger partial charge < -0.3 is 9.64 Å². The molecule has 1 saturated heterocycles. The number of imidazole rings is 1. The summed E-state index contributed by atoms with van der Waals surface area (Å²) in [6.45, 7) is 3.39. The average Bonchev–Trinajstić information content (AvgIpc) is 3.12. The van der Waals surface area contributed by atoms with Crippen LogP contribution in [0.15, 0.2) is 42.5 Å². The third-order valence-corrected chi connectivity index (χ3v) is 6.34. The van der Waals surface area contributed by atoms with E-state index in [0.717, 1.165) is 49.5 Å². The van der Waals surface area contributed by atoms with E-state index in [1.807, 2.05) is 69.3 Å². The number of hydrogen-bond donors (Lipinski definition) is 0. The van der Waals surface area contributed by atoms with E-state index in [1.54, 1.807) is 13.2 Å². The number of piperidine rings is 1. The SMILES string of the molecule is COc1ccc(-n2c(-c3ccc(I)c(F)c3)nc(C(=O)N3CCCCC3)c2C)cc1. The van der Waals surface area contributed by atoms with Gasteiger partial charge in [0, 0.05) is 27.9 Å². The largest absolute Gasteiger partial charge is 0.497 e. The normalized spacial score (nSPS) is 14.1. The third kappa shape index (κ3) is 3.95. The highest BCUT2D eigenvalue weighted by Crippen LogP contribution is 2.30. The molecule has 0 unspecified atom stereocenters. The molecule has 30 heavy (non-hydrogen) atoms. The minimum Gasteiger partial charge on any atom is -0.497 e. The van der Waals surface area contributed by atoms with Crippen LogP contribution in [0.4, 0.5) is 4.39 Å². The number of carbonyl (C=O) groups excluding carboxylic acids is 1. The molecule has 0 atom stereocenters. The summed E-state index contributed by atoms with van der Waals surface area (Å²) in [5.41, 5.74) is 2.63. The van der Waals surface area contributed by atoms with Crippen molar-refractivity contribution in [3.63, 3.8) is 0 Å². The summed E-state index contributed by atoms with van der Waals surface area (Å²) in [4.78, 5) is 19.8. The Balaban J connectivity index is 1.85. The molecule has 0 aliphatic carbocycles. The summed E-state index contributed by atoms with van der Waals surface area (Å²) in [6, 6.07) is 12.6. The number of methoxy groups -OCH3 is 1. The molecule has 156 valence electrons. The lowest BCUT2D eigenvalue weighted by atomic mass is 10.1. The Morgan fingerprint density at radius 2 is 1.80 bits per heavy atom. The molecule has 1 aliphatic heterocycles. The van der Waals surface area contributed by atoms with Crippen LogP contribution < -0.4 is 4.74 Å². The van der Waals surface area contributed by atoms with Crippen molar-refractivity contribution in [1.29, 1.82) is 0 Å². The van der Waals surface area contributed by atoms with Crippen LogP contribution in [-0.2, 0) is 0 Å². The average molecular weight is 519 g/mol. The first-order valence-corrected chi connectivity index (χ1v) is 11.1. The highest BCUT2D eigenvalue weighted by atomic mass is 127. The summed E-state index contributed by atoms with van der Waals surface area (Å²) in [7, 11) is 1.62. The first kappa shape index (κ1) is 20.8. The highest BCUT2D eigenvalue weighted by molar-refractivity contribution is 14.1. The number of amides is 1. The Labute approximate surface area is 189 Å². The van der Waals surface area contributed by atoms with Crippen LogP contribution in [0.1, 0.15) is 35.4 Å². The molecule has 3 aromatic rings. The first-order chi connectivity index (χ1) is 14.5. The molecule has 0 radical (unpaired) electrons. The van der Waals surface area contributed by atoms with E-state index in [-0.39, 0.29) is 11.7 Å². The van der Waals surface area contributed by atoms with Crippen molar-refractivity contribution in [2.45, 2.75) is 26.2 Å². The molecule has 2 aromatic carbocycles. The lowest BCUT2D eigenvalue weighted by Gasteiger charge is -2.26. The molecular formula is C23H23FIN3O2. The van der Waals surface area contributed by atoms with Crippen LogP contribution in [0.2, 0.25) is 0 Å². The van der Waals surface area contributed by atoms with Crippen LogP contribution in [0.3, 0.4) is 0 Å². The van der Waals surface area contributed by atoms with Crippen molar-refractivity contribution in [2.24, 2.45) is 0 Å². The quantitative estimate of drug-likeness (QED) is 0.444. The number of aromatic nitrogens is 2. The number of ether oxygens (including phenoxy) is 1. The van der Waals surface area contributed by atoms with Crippen molar-refractivity contribution < 1.29 is 13.9 Å². The Kier molecular flexibility index (Phi) is 6.08. The molecule has 5 nitrogen and oxygen atoms in total.